The van der Waals surface area contributed by atoms with E-state index in [1.165, 1.54) is 11.8 Å². The first-order chi connectivity index (χ1) is 16.5. The van der Waals surface area contributed by atoms with Gasteiger partial charge in [0.1, 0.15) is 5.82 Å². The minimum Gasteiger partial charge on any atom is -0.380 e. The number of anilines is 3. The van der Waals surface area contributed by atoms with Crippen molar-refractivity contribution in [3.63, 3.8) is 0 Å². The standard InChI is InChI=1S/C25H29N5O3S/c26-25(31)22-16-28-24(14-23(22)27-15-18-4-2-1-3-5-18)29-21-8-6-19(7-9-21)20-10-12-30(13-11-20)17-34(32)33/h1-9,14,16,20,34H,10-13,15,17H2,(H2,26,31)(H2,27,28,29). The highest BCUT2D eigenvalue weighted by Gasteiger charge is 2.20. The van der Waals surface area contributed by atoms with Crippen LogP contribution in [0.1, 0.15) is 40.2 Å². The second-order valence-electron chi connectivity index (χ2n) is 8.43. The zero-order chi connectivity index (χ0) is 23.9. The quantitative estimate of drug-likeness (QED) is 0.348. The zero-order valence-electron chi connectivity index (χ0n) is 18.8. The molecule has 34 heavy (non-hydrogen) atoms. The molecule has 2 aromatic carbocycles. The number of aromatic nitrogens is 1. The number of hydrogen-bond donors (Lipinski definition) is 4. The van der Waals surface area contributed by atoms with Crippen LogP contribution in [0.3, 0.4) is 0 Å². The molecule has 1 saturated heterocycles. The average Bonchev–Trinajstić information content (AvgIpc) is 2.84. The third-order valence-corrected chi connectivity index (χ3v) is 6.68. The number of carbonyl (C=O) groups is 1. The second-order valence-corrected chi connectivity index (χ2v) is 9.38. The van der Waals surface area contributed by atoms with Crippen LogP contribution >= 0.6 is 0 Å². The number of amides is 1. The fourth-order valence-electron chi connectivity index (χ4n) is 4.22. The van der Waals surface area contributed by atoms with E-state index < -0.39 is 16.6 Å². The van der Waals surface area contributed by atoms with Gasteiger partial charge in [-0.1, -0.05) is 42.5 Å². The maximum absolute atomic E-state index is 11.9. The Hall–Kier alpha value is -3.43. The number of pyridine rings is 1. The summed E-state index contributed by atoms with van der Waals surface area (Å²) in [5, 5.41) is 6.57. The Balaban J connectivity index is 1.40. The molecule has 1 aliphatic heterocycles. The summed E-state index contributed by atoms with van der Waals surface area (Å²) in [7, 11) is -2.36. The fraction of sp³-hybridized carbons (Fsp3) is 0.280. The number of nitrogens with zero attached hydrogens (tertiary/aromatic N) is 2. The summed E-state index contributed by atoms with van der Waals surface area (Å²) in [5.41, 5.74) is 9.72. The molecule has 4 rings (SSSR count). The smallest absolute Gasteiger partial charge is 0.252 e. The average molecular weight is 480 g/mol. The molecular formula is C25H29N5O3S. The lowest BCUT2D eigenvalue weighted by Gasteiger charge is -2.30. The van der Waals surface area contributed by atoms with Gasteiger partial charge in [0.2, 0.25) is 0 Å². The lowest BCUT2D eigenvalue weighted by molar-refractivity contribution is 0.100. The van der Waals surface area contributed by atoms with Crippen molar-refractivity contribution in [2.24, 2.45) is 5.73 Å². The van der Waals surface area contributed by atoms with Crippen LogP contribution in [-0.2, 0) is 17.2 Å². The van der Waals surface area contributed by atoms with Crippen LogP contribution in [0, 0.1) is 0 Å². The summed E-state index contributed by atoms with van der Waals surface area (Å²) in [6, 6.07) is 19.9. The maximum atomic E-state index is 11.9. The fourth-order valence-corrected chi connectivity index (χ4v) is 4.83. The van der Waals surface area contributed by atoms with Crippen molar-refractivity contribution < 1.29 is 13.2 Å². The molecule has 1 aliphatic rings. The van der Waals surface area contributed by atoms with Gasteiger partial charge >= 0.3 is 0 Å². The molecule has 4 N–H and O–H groups in total. The van der Waals surface area contributed by atoms with Gasteiger partial charge in [0.15, 0.2) is 10.7 Å². The summed E-state index contributed by atoms with van der Waals surface area (Å²) in [5.74, 6) is 0.645. The van der Waals surface area contributed by atoms with Crippen LogP contribution in [0.5, 0.6) is 0 Å². The maximum Gasteiger partial charge on any atom is 0.252 e. The predicted molar refractivity (Wildman–Crippen MR) is 135 cm³/mol. The highest BCUT2D eigenvalue weighted by Crippen LogP contribution is 2.29. The molecule has 0 atom stereocenters. The van der Waals surface area contributed by atoms with Crippen LogP contribution in [0.15, 0.2) is 66.9 Å². The van der Waals surface area contributed by atoms with Crippen LogP contribution in [0.25, 0.3) is 0 Å². The SMILES string of the molecule is NC(=O)c1cnc(Nc2ccc(C3CCN(C[SH](=O)=O)CC3)cc2)cc1NCc1ccccc1. The molecule has 0 aliphatic carbocycles. The number of benzene rings is 2. The number of rotatable bonds is 9. The molecular weight excluding hydrogens is 450 g/mol. The minimum absolute atomic E-state index is 0.147. The van der Waals surface area contributed by atoms with Crippen molar-refractivity contribution in [2.75, 3.05) is 29.6 Å². The van der Waals surface area contributed by atoms with Gasteiger partial charge in [-0.15, -0.1) is 0 Å². The molecule has 0 radical (unpaired) electrons. The minimum atomic E-state index is -2.36. The molecule has 1 aromatic heterocycles. The number of nitrogens with one attached hydrogen (secondary N) is 2. The Morgan fingerprint density at radius 2 is 1.76 bits per heavy atom. The lowest BCUT2D eigenvalue weighted by atomic mass is 9.89. The van der Waals surface area contributed by atoms with Crippen molar-refractivity contribution in [3.05, 3.63) is 83.6 Å². The normalized spacial score (nSPS) is 14.7. The van der Waals surface area contributed by atoms with Crippen molar-refractivity contribution in [1.82, 2.24) is 9.88 Å². The summed E-state index contributed by atoms with van der Waals surface area (Å²) in [6.07, 6.45) is 3.38. The number of primary amides is 1. The summed E-state index contributed by atoms with van der Waals surface area (Å²) >= 11 is 0. The third-order valence-electron chi connectivity index (χ3n) is 6.05. The summed E-state index contributed by atoms with van der Waals surface area (Å²) in [4.78, 5) is 18.2. The zero-order valence-corrected chi connectivity index (χ0v) is 19.7. The molecule has 178 valence electrons. The number of piperidine rings is 1. The van der Waals surface area contributed by atoms with E-state index in [2.05, 4.69) is 27.8 Å². The van der Waals surface area contributed by atoms with Gasteiger partial charge in [0, 0.05) is 24.5 Å². The predicted octanol–water partition coefficient (Wildman–Crippen LogP) is 3.28. The lowest BCUT2D eigenvalue weighted by Crippen LogP contribution is -2.34. The molecule has 0 saturated carbocycles. The van der Waals surface area contributed by atoms with Gasteiger partial charge in [0.05, 0.1) is 17.1 Å². The van der Waals surface area contributed by atoms with Crippen molar-refractivity contribution in [1.29, 1.82) is 0 Å². The monoisotopic (exact) mass is 479 g/mol. The van der Waals surface area contributed by atoms with E-state index >= 15 is 0 Å². The van der Waals surface area contributed by atoms with E-state index in [0.29, 0.717) is 29.5 Å². The molecule has 9 heteroatoms. The molecule has 8 nitrogen and oxygen atoms in total. The molecule has 1 fully saturated rings. The van der Waals surface area contributed by atoms with Crippen molar-refractivity contribution in [3.8, 4) is 0 Å². The van der Waals surface area contributed by atoms with Crippen LogP contribution in [0.2, 0.25) is 0 Å². The van der Waals surface area contributed by atoms with Gasteiger partial charge in [-0.05, 0) is 55.1 Å². The summed E-state index contributed by atoms with van der Waals surface area (Å²) < 4.78 is 21.9. The van der Waals surface area contributed by atoms with E-state index in [4.69, 9.17) is 5.73 Å². The van der Waals surface area contributed by atoms with E-state index in [9.17, 15) is 13.2 Å². The highest BCUT2D eigenvalue weighted by molar-refractivity contribution is 7.72. The number of carbonyl (C=O) groups excluding carboxylic acids is 1. The van der Waals surface area contributed by atoms with Crippen LogP contribution in [-0.4, -0.2) is 43.2 Å². The second kappa shape index (κ2) is 11.1. The highest BCUT2D eigenvalue weighted by atomic mass is 32.2. The Kier molecular flexibility index (Phi) is 7.76. The molecule has 0 unspecified atom stereocenters. The number of thiol groups is 1. The van der Waals surface area contributed by atoms with Gasteiger partial charge < -0.3 is 16.4 Å². The molecule has 0 spiro atoms. The first kappa shape index (κ1) is 23.7. The van der Waals surface area contributed by atoms with E-state index in [-0.39, 0.29) is 5.88 Å². The third kappa shape index (κ3) is 6.33. The van der Waals surface area contributed by atoms with E-state index in [1.54, 1.807) is 6.07 Å². The number of nitrogens with two attached hydrogens (primary N) is 1. The first-order valence-corrected chi connectivity index (χ1v) is 12.6. The Labute approximate surface area is 201 Å². The number of likely N-dealkylation sites (tertiary alicyclic amines) is 1. The van der Waals surface area contributed by atoms with Crippen molar-refractivity contribution in [2.45, 2.75) is 25.3 Å². The largest absolute Gasteiger partial charge is 0.380 e. The molecule has 2 heterocycles. The Bertz CT molecular complexity index is 1180. The van der Waals surface area contributed by atoms with Gasteiger partial charge in [0.25, 0.3) is 5.91 Å². The van der Waals surface area contributed by atoms with Gasteiger partial charge in [-0.2, -0.15) is 0 Å². The van der Waals surface area contributed by atoms with E-state index in [1.807, 2.05) is 47.4 Å². The van der Waals surface area contributed by atoms with Gasteiger partial charge in [-0.3, -0.25) is 9.69 Å². The van der Waals surface area contributed by atoms with Gasteiger partial charge in [-0.25, -0.2) is 13.4 Å². The summed E-state index contributed by atoms with van der Waals surface area (Å²) in [6.45, 7) is 2.15. The van der Waals surface area contributed by atoms with Crippen LogP contribution in [0.4, 0.5) is 17.2 Å². The Morgan fingerprint density at radius 1 is 1.06 bits per heavy atom. The molecule has 0 bridgehead atoms. The first-order valence-electron chi connectivity index (χ1n) is 11.3. The van der Waals surface area contributed by atoms with Crippen LogP contribution < -0.4 is 16.4 Å². The number of hydrogen-bond acceptors (Lipinski definition) is 7. The molecule has 3 aromatic rings. The Morgan fingerprint density at radius 3 is 2.41 bits per heavy atom. The molecule has 1 amide bonds. The van der Waals surface area contributed by atoms with Crippen molar-refractivity contribution >= 4 is 33.8 Å². The topological polar surface area (TPSA) is 117 Å². The van der Waals surface area contributed by atoms with E-state index in [0.717, 1.165) is 37.2 Å².